The molecule has 4 heteroatoms. The Balaban J connectivity index is 0.00000163. The maximum absolute atomic E-state index is 10.5. The summed E-state index contributed by atoms with van der Waals surface area (Å²) in [6.45, 7) is 13.9. The molecule has 1 aliphatic rings. The first kappa shape index (κ1) is 23.2. The molecular weight excluding hydrogens is 342 g/mol. The van der Waals surface area contributed by atoms with Crippen LogP contribution in [0.4, 0.5) is 0 Å². The first-order valence-corrected chi connectivity index (χ1v) is 10.4. The molecule has 0 bridgehead atoms. The van der Waals surface area contributed by atoms with Crippen LogP contribution in [0.25, 0.3) is 0 Å². The molecule has 148 valence electrons. The van der Waals surface area contributed by atoms with Gasteiger partial charge in [0.05, 0.1) is 6.10 Å². The number of nitrogens with two attached hydrogens (primary N) is 1. The molecule has 2 N–H and O–H groups in total. The summed E-state index contributed by atoms with van der Waals surface area (Å²) in [6.07, 6.45) is 4.38. The number of carbonyl (C=O) groups excluding carboxylic acids is 1. The van der Waals surface area contributed by atoms with E-state index in [1.54, 1.807) is 0 Å². The van der Waals surface area contributed by atoms with Gasteiger partial charge in [-0.2, -0.15) is 0 Å². The summed E-state index contributed by atoms with van der Waals surface area (Å²) in [5, 5.41) is 0.588. The van der Waals surface area contributed by atoms with Crippen molar-refractivity contribution < 1.29 is 9.53 Å². The summed E-state index contributed by atoms with van der Waals surface area (Å²) in [6, 6.07) is 7.09. The third-order valence-electron chi connectivity index (χ3n) is 4.68. The zero-order valence-corrected chi connectivity index (χ0v) is 18.4. The van der Waals surface area contributed by atoms with Gasteiger partial charge in [-0.1, -0.05) is 47.6 Å². The molecule has 2 rings (SSSR count). The average molecular weight is 380 g/mol. The number of aldehydes is 1. The van der Waals surface area contributed by atoms with Gasteiger partial charge in [0.2, 0.25) is 0 Å². The topological polar surface area (TPSA) is 52.3 Å². The van der Waals surface area contributed by atoms with Crippen LogP contribution in [0.5, 0.6) is 0 Å². The van der Waals surface area contributed by atoms with Crippen molar-refractivity contribution in [1.82, 2.24) is 0 Å². The van der Waals surface area contributed by atoms with Crippen molar-refractivity contribution >= 4 is 18.0 Å². The minimum absolute atomic E-state index is 0.155. The van der Waals surface area contributed by atoms with Gasteiger partial charge in [-0.3, -0.25) is 0 Å². The fourth-order valence-electron chi connectivity index (χ4n) is 3.06. The van der Waals surface area contributed by atoms with Crippen LogP contribution >= 0.6 is 11.8 Å². The van der Waals surface area contributed by atoms with Crippen molar-refractivity contribution in [2.45, 2.75) is 87.9 Å². The minimum atomic E-state index is 0.155. The average Bonchev–Trinajstić information content (AvgIpc) is 3.00. The van der Waals surface area contributed by atoms with Gasteiger partial charge in [-0.15, -0.1) is 11.8 Å². The van der Waals surface area contributed by atoms with E-state index in [1.165, 1.54) is 29.5 Å². The lowest BCUT2D eigenvalue weighted by molar-refractivity contribution is -0.113. The highest BCUT2D eigenvalue weighted by Gasteiger charge is 2.27. The summed E-state index contributed by atoms with van der Waals surface area (Å²) in [7, 11) is 1.50. The first-order chi connectivity index (χ1) is 12.1. The summed E-state index contributed by atoms with van der Waals surface area (Å²) in [5.74, 6) is 0. The number of ether oxygens (including phenoxy) is 1. The lowest BCUT2D eigenvalue weighted by Crippen LogP contribution is -2.16. The normalized spacial score (nSPS) is 20.5. The Hall–Kier alpha value is -0.840. The van der Waals surface area contributed by atoms with Gasteiger partial charge in [-0.05, 0) is 60.4 Å². The largest absolute Gasteiger partial charge is 0.371 e. The van der Waals surface area contributed by atoms with E-state index in [4.69, 9.17) is 4.74 Å². The summed E-state index contributed by atoms with van der Waals surface area (Å²) < 4.78 is 5.59. The zero-order chi connectivity index (χ0) is 20.0. The van der Waals surface area contributed by atoms with E-state index < -0.39 is 0 Å². The second-order valence-electron chi connectivity index (χ2n) is 8.92. The molecule has 0 saturated heterocycles. The fraction of sp³-hybridized carbons (Fsp3) is 0.682. The number of benzene rings is 1. The Morgan fingerprint density at radius 1 is 1.04 bits per heavy atom. The smallest absolute Gasteiger partial charge is 0.145 e. The molecule has 2 atom stereocenters. The number of carbonyl (C=O) groups is 1. The molecule has 1 fully saturated rings. The standard InChI is InChI=1S/C21H32O2S.CH5N/c1-20(2,3)15-11-16(21(4,5)6)13-19(12-15)24-18-8-7-17(14-18)23-10-9-22;1-2/h9,11-13,17-18H,7-8,10,14H2,1-6H3;2H2,1H3. The van der Waals surface area contributed by atoms with Crippen LogP contribution in [0, 0.1) is 0 Å². The number of hydrogen-bond donors (Lipinski definition) is 1. The van der Waals surface area contributed by atoms with Crippen LogP contribution < -0.4 is 5.73 Å². The Morgan fingerprint density at radius 3 is 2.04 bits per heavy atom. The van der Waals surface area contributed by atoms with Gasteiger partial charge >= 0.3 is 0 Å². The molecule has 0 spiro atoms. The maximum atomic E-state index is 10.5. The second-order valence-corrected chi connectivity index (χ2v) is 10.3. The highest BCUT2D eigenvalue weighted by molar-refractivity contribution is 8.00. The Morgan fingerprint density at radius 2 is 1.58 bits per heavy atom. The summed E-state index contributed by atoms with van der Waals surface area (Å²) in [4.78, 5) is 11.8. The SMILES string of the molecule is CC(C)(C)c1cc(SC2CCC(OCC=O)C2)cc(C(C)(C)C)c1.CN. The Bertz CT molecular complexity index is 540. The summed E-state index contributed by atoms with van der Waals surface area (Å²) >= 11 is 1.98. The number of rotatable bonds is 5. The number of hydrogen-bond acceptors (Lipinski definition) is 4. The van der Waals surface area contributed by atoms with Crippen LogP contribution in [0.1, 0.15) is 71.9 Å². The number of thioether (sulfide) groups is 1. The van der Waals surface area contributed by atoms with Crippen LogP contribution in [0.15, 0.2) is 23.1 Å². The van der Waals surface area contributed by atoms with E-state index in [0.717, 1.165) is 19.1 Å². The molecule has 1 aromatic carbocycles. The third kappa shape index (κ3) is 7.05. The third-order valence-corrected chi connectivity index (χ3v) is 5.95. The van der Waals surface area contributed by atoms with E-state index in [9.17, 15) is 4.79 Å². The van der Waals surface area contributed by atoms with Crippen LogP contribution in [0.3, 0.4) is 0 Å². The molecule has 0 aromatic heterocycles. The van der Waals surface area contributed by atoms with Gasteiger partial charge < -0.3 is 15.3 Å². The van der Waals surface area contributed by atoms with Crippen molar-refractivity contribution in [2.75, 3.05) is 13.7 Å². The molecule has 1 aliphatic carbocycles. The van der Waals surface area contributed by atoms with Crippen molar-refractivity contribution in [3.05, 3.63) is 29.3 Å². The first-order valence-electron chi connectivity index (χ1n) is 9.55. The molecule has 1 saturated carbocycles. The van der Waals surface area contributed by atoms with Crippen LogP contribution in [-0.4, -0.2) is 31.3 Å². The highest BCUT2D eigenvalue weighted by atomic mass is 32.2. The minimum Gasteiger partial charge on any atom is -0.371 e. The van der Waals surface area contributed by atoms with Crippen molar-refractivity contribution in [3.8, 4) is 0 Å². The van der Waals surface area contributed by atoms with Crippen molar-refractivity contribution in [1.29, 1.82) is 0 Å². The van der Waals surface area contributed by atoms with Gasteiger partial charge in [0.25, 0.3) is 0 Å². The monoisotopic (exact) mass is 379 g/mol. The van der Waals surface area contributed by atoms with Gasteiger partial charge in [-0.25, -0.2) is 0 Å². The maximum Gasteiger partial charge on any atom is 0.145 e. The summed E-state index contributed by atoms with van der Waals surface area (Å²) in [5.41, 5.74) is 7.62. The quantitative estimate of drug-likeness (QED) is 0.724. The molecule has 2 unspecified atom stereocenters. The molecule has 1 aromatic rings. The molecule has 3 nitrogen and oxygen atoms in total. The predicted octanol–water partition coefficient (Wildman–Crippen LogP) is 5.09. The highest BCUT2D eigenvalue weighted by Crippen LogP contribution is 2.39. The van der Waals surface area contributed by atoms with E-state index in [0.29, 0.717) is 5.25 Å². The van der Waals surface area contributed by atoms with E-state index in [2.05, 4.69) is 65.5 Å². The lowest BCUT2D eigenvalue weighted by atomic mass is 9.81. The fourth-order valence-corrected chi connectivity index (χ4v) is 4.40. The Kier molecular flexibility index (Phi) is 8.84. The molecule has 0 radical (unpaired) electrons. The Labute approximate surface area is 164 Å². The van der Waals surface area contributed by atoms with Gasteiger partial charge in [0.15, 0.2) is 0 Å². The van der Waals surface area contributed by atoms with Crippen LogP contribution in [0.2, 0.25) is 0 Å². The predicted molar refractivity (Wildman–Crippen MR) is 113 cm³/mol. The van der Waals surface area contributed by atoms with E-state index in [1.807, 2.05) is 11.8 Å². The molecule has 0 aliphatic heterocycles. The molecular formula is C22H37NO2S. The lowest BCUT2D eigenvalue weighted by Gasteiger charge is -2.26. The van der Waals surface area contributed by atoms with Crippen molar-refractivity contribution in [2.24, 2.45) is 5.73 Å². The van der Waals surface area contributed by atoms with Gasteiger partial charge in [0.1, 0.15) is 12.9 Å². The zero-order valence-electron chi connectivity index (χ0n) is 17.6. The van der Waals surface area contributed by atoms with E-state index >= 15 is 0 Å². The van der Waals surface area contributed by atoms with E-state index in [-0.39, 0.29) is 23.5 Å². The van der Waals surface area contributed by atoms with Crippen molar-refractivity contribution in [3.63, 3.8) is 0 Å². The van der Waals surface area contributed by atoms with Crippen LogP contribution in [-0.2, 0) is 20.4 Å². The molecule has 0 amide bonds. The van der Waals surface area contributed by atoms with Gasteiger partial charge in [0, 0.05) is 10.1 Å². The second kappa shape index (κ2) is 9.91. The molecule has 26 heavy (non-hydrogen) atoms. The molecule has 0 heterocycles.